The second-order valence-electron chi connectivity index (χ2n) is 3.45. The molecule has 0 aromatic carbocycles. The highest BCUT2D eigenvalue weighted by molar-refractivity contribution is 5.45. The van der Waals surface area contributed by atoms with Gasteiger partial charge in [-0.15, -0.1) is 0 Å². The predicted octanol–water partition coefficient (Wildman–Crippen LogP) is -1.49. The van der Waals surface area contributed by atoms with Crippen LogP contribution in [0.2, 0.25) is 0 Å². The zero-order chi connectivity index (χ0) is 9.26. The van der Waals surface area contributed by atoms with Crippen molar-refractivity contribution in [2.75, 3.05) is 19.8 Å². The van der Waals surface area contributed by atoms with Crippen LogP contribution >= 0.6 is 0 Å². The van der Waals surface area contributed by atoms with E-state index in [0.717, 1.165) is 0 Å². The average Bonchev–Trinajstić information content (AvgIpc) is 2.67. The van der Waals surface area contributed by atoms with Gasteiger partial charge in [0.2, 0.25) is 6.41 Å². The second-order valence-corrected chi connectivity index (χ2v) is 3.45. The van der Waals surface area contributed by atoms with Crippen LogP contribution in [-0.4, -0.2) is 49.6 Å². The summed E-state index contributed by atoms with van der Waals surface area (Å²) < 4.78 is 10.7. The van der Waals surface area contributed by atoms with Gasteiger partial charge in [0.1, 0.15) is 12.2 Å². The normalized spacial score (nSPS) is 43.2. The van der Waals surface area contributed by atoms with E-state index in [4.69, 9.17) is 9.47 Å². The van der Waals surface area contributed by atoms with Crippen molar-refractivity contribution in [1.29, 1.82) is 0 Å². The maximum atomic E-state index is 10.1. The molecule has 0 aliphatic carbocycles. The Labute approximate surface area is 76.0 Å². The van der Waals surface area contributed by atoms with Gasteiger partial charge >= 0.3 is 0 Å². The third-order valence-electron chi connectivity index (χ3n) is 2.59. The fourth-order valence-corrected chi connectivity index (χ4v) is 1.93. The Morgan fingerprint density at radius 1 is 1.38 bits per heavy atom. The number of aliphatic hydroxyl groups is 1. The minimum absolute atomic E-state index is 0.0533. The first kappa shape index (κ1) is 8.93. The van der Waals surface area contributed by atoms with Crippen molar-refractivity contribution < 1.29 is 19.4 Å². The molecule has 5 heteroatoms. The van der Waals surface area contributed by atoms with Crippen LogP contribution in [0.5, 0.6) is 0 Å². The second kappa shape index (κ2) is 3.61. The zero-order valence-corrected chi connectivity index (χ0v) is 7.18. The van der Waals surface area contributed by atoms with Gasteiger partial charge in [0.15, 0.2) is 0 Å². The lowest BCUT2D eigenvalue weighted by molar-refractivity contribution is -0.109. The van der Waals surface area contributed by atoms with E-state index in [-0.39, 0.29) is 18.1 Å². The van der Waals surface area contributed by atoms with Crippen molar-refractivity contribution in [3.8, 4) is 0 Å². The third kappa shape index (κ3) is 1.54. The lowest BCUT2D eigenvalue weighted by atomic mass is 10.0. The lowest BCUT2D eigenvalue weighted by Gasteiger charge is -2.14. The molecule has 0 saturated carbocycles. The summed E-state index contributed by atoms with van der Waals surface area (Å²) in [6.07, 6.45) is -0.0919. The van der Waals surface area contributed by atoms with Gasteiger partial charge in [-0.1, -0.05) is 0 Å². The molecule has 0 bridgehead atoms. The van der Waals surface area contributed by atoms with Crippen LogP contribution in [0.15, 0.2) is 0 Å². The molecule has 1 amide bonds. The van der Waals surface area contributed by atoms with E-state index < -0.39 is 6.10 Å². The summed E-state index contributed by atoms with van der Waals surface area (Å²) in [6, 6.07) is 0. The van der Waals surface area contributed by atoms with Gasteiger partial charge in [-0.05, 0) is 0 Å². The molecule has 2 aliphatic heterocycles. The molecule has 74 valence electrons. The van der Waals surface area contributed by atoms with Crippen LogP contribution in [0.4, 0.5) is 0 Å². The van der Waals surface area contributed by atoms with E-state index in [1.54, 1.807) is 0 Å². The minimum Gasteiger partial charge on any atom is -0.388 e. The molecule has 2 heterocycles. The fourth-order valence-electron chi connectivity index (χ4n) is 1.93. The summed E-state index contributed by atoms with van der Waals surface area (Å²) in [7, 11) is 0. The van der Waals surface area contributed by atoms with Crippen molar-refractivity contribution in [2.45, 2.75) is 18.3 Å². The molecule has 2 rings (SSSR count). The maximum Gasteiger partial charge on any atom is 0.207 e. The van der Waals surface area contributed by atoms with E-state index in [0.29, 0.717) is 26.2 Å². The summed E-state index contributed by atoms with van der Waals surface area (Å²) >= 11 is 0. The number of hydrogen-bond acceptors (Lipinski definition) is 4. The fraction of sp³-hybridized carbons (Fsp3) is 0.875. The summed E-state index contributed by atoms with van der Waals surface area (Å²) in [5.74, 6) is 0.173. The molecule has 4 unspecified atom stereocenters. The average molecular weight is 187 g/mol. The summed E-state index contributed by atoms with van der Waals surface area (Å²) in [4.78, 5) is 10.1. The quantitative estimate of drug-likeness (QED) is 0.528. The Morgan fingerprint density at radius 2 is 2.15 bits per heavy atom. The van der Waals surface area contributed by atoms with E-state index in [2.05, 4.69) is 5.32 Å². The van der Waals surface area contributed by atoms with E-state index in [9.17, 15) is 9.90 Å². The number of aliphatic hydroxyl groups excluding tert-OH is 1. The highest BCUT2D eigenvalue weighted by Gasteiger charge is 2.46. The molecule has 2 fully saturated rings. The minimum atomic E-state index is -0.508. The molecule has 0 aromatic heterocycles. The molecular formula is C8H13NO4. The first-order valence-electron chi connectivity index (χ1n) is 4.41. The molecule has 13 heavy (non-hydrogen) atoms. The number of rotatable bonds is 3. The van der Waals surface area contributed by atoms with Crippen LogP contribution in [0, 0.1) is 5.92 Å². The lowest BCUT2D eigenvalue weighted by Crippen LogP contribution is -2.33. The number of amides is 1. The number of fused-ring (bicyclic) bond motifs is 1. The van der Waals surface area contributed by atoms with Gasteiger partial charge in [-0.2, -0.15) is 0 Å². The monoisotopic (exact) mass is 187 g/mol. The summed E-state index contributed by atoms with van der Waals surface area (Å²) in [5.41, 5.74) is 0. The Hall–Kier alpha value is -0.650. The Bertz CT molecular complexity index is 199. The Balaban J connectivity index is 1.90. The molecule has 0 radical (unpaired) electrons. The Kier molecular flexibility index (Phi) is 2.48. The van der Waals surface area contributed by atoms with Gasteiger partial charge in [0.25, 0.3) is 0 Å². The predicted molar refractivity (Wildman–Crippen MR) is 43.0 cm³/mol. The van der Waals surface area contributed by atoms with Gasteiger partial charge < -0.3 is 19.9 Å². The number of carbonyl (C=O) groups is 1. The molecule has 2 aliphatic rings. The summed E-state index contributed by atoms with van der Waals surface area (Å²) in [5, 5.41) is 12.0. The smallest absolute Gasteiger partial charge is 0.207 e. The van der Waals surface area contributed by atoms with Gasteiger partial charge in [-0.3, -0.25) is 4.79 Å². The van der Waals surface area contributed by atoms with Crippen LogP contribution < -0.4 is 5.32 Å². The van der Waals surface area contributed by atoms with Gasteiger partial charge in [0.05, 0.1) is 19.3 Å². The molecule has 5 nitrogen and oxygen atoms in total. The first-order chi connectivity index (χ1) is 6.33. The zero-order valence-electron chi connectivity index (χ0n) is 7.18. The van der Waals surface area contributed by atoms with Crippen LogP contribution in [0.3, 0.4) is 0 Å². The molecule has 2 saturated heterocycles. The molecular weight excluding hydrogens is 174 g/mol. The van der Waals surface area contributed by atoms with Gasteiger partial charge in [0, 0.05) is 12.5 Å². The largest absolute Gasteiger partial charge is 0.388 e. The van der Waals surface area contributed by atoms with Crippen molar-refractivity contribution >= 4 is 6.41 Å². The highest BCUT2D eigenvalue weighted by atomic mass is 16.6. The summed E-state index contributed by atoms with van der Waals surface area (Å²) in [6.45, 7) is 1.44. The number of ether oxygens (including phenoxy) is 2. The molecule has 0 aromatic rings. The molecule has 0 spiro atoms. The highest BCUT2D eigenvalue weighted by Crippen LogP contribution is 2.30. The van der Waals surface area contributed by atoms with Crippen LogP contribution in [0.1, 0.15) is 0 Å². The Morgan fingerprint density at radius 3 is 2.92 bits per heavy atom. The van der Waals surface area contributed by atoms with Crippen LogP contribution in [0.25, 0.3) is 0 Å². The van der Waals surface area contributed by atoms with Crippen LogP contribution in [-0.2, 0) is 14.3 Å². The third-order valence-corrected chi connectivity index (χ3v) is 2.59. The number of hydrogen-bond donors (Lipinski definition) is 2. The molecule has 2 N–H and O–H groups in total. The van der Waals surface area contributed by atoms with E-state index >= 15 is 0 Å². The van der Waals surface area contributed by atoms with E-state index in [1.165, 1.54) is 0 Å². The van der Waals surface area contributed by atoms with Crippen molar-refractivity contribution in [3.05, 3.63) is 0 Å². The standard InChI is InChI=1S/C8H13NO4/c10-4-9-1-5-2-12-8-6(11)3-13-7(5)8/h4-8,11H,1-3H2,(H,9,10). The topological polar surface area (TPSA) is 67.8 Å². The van der Waals surface area contributed by atoms with Gasteiger partial charge in [-0.25, -0.2) is 0 Å². The first-order valence-corrected chi connectivity index (χ1v) is 4.41. The molecule has 4 atom stereocenters. The SMILES string of the molecule is O=CNCC1COC2C(O)COC12. The number of carbonyl (C=O) groups excluding carboxylic acids is 1. The van der Waals surface area contributed by atoms with Crippen molar-refractivity contribution in [1.82, 2.24) is 5.32 Å². The number of nitrogens with one attached hydrogen (secondary N) is 1. The van der Waals surface area contributed by atoms with E-state index in [1.807, 2.05) is 0 Å². The van der Waals surface area contributed by atoms with Crippen molar-refractivity contribution in [3.63, 3.8) is 0 Å². The van der Waals surface area contributed by atoms with Crippen molar-refractivity contribution in [2.24, 2.45) is 5.92 Å². The maximum absolute atomic E-state index is 10.1.